The fourth-order valence-corrected chi connectivity index (χ4v) is 1.23. The van der Waals surface area contributed by atoms with Crippen molar-refractivity contribution in [2.45, 2.75) is 6.92 Å². The first-order valence-electron chi connectivity index (χ1n) is 4.29. The van der Waals surface area contributed by atoms with Crippen molar-refractivity contribution in [3.63, 3.8) is 0 Å². The zero-order chi connectivity index (χ0) is 10.8. The molecule has 0 fully saturated rings. The summed E-state index contributed by atoms with van der Waals surface area (Å²) in [5.74, 6) is 0.442. The molecule has 0 atom stereocenters. The van der Waals surface area contributed by atoms with Crippen molar-refractivity contribution in [1.29, 1.82) is 0 Å². The number of nitro groups is 1. The third kappa shape index (κ3) is 1.69. The van der Waals surface area contributed by atoms with Gasteiger partial charge >= 0.3 is 0 Å². The van der Waals surface area contributed by atoms with Crippen LogP contribution < -0.4 is 0 Å². The Hall–Kier alpha value is -2.24. The van der Waals surface area contributed by atoms with Crippen LogP contribution in [0.1, 0.15) is 5.56 Å². The van der Waals surface area contributed by atoms with E-state index in [1.165, 1.54) is 16.9 Å². The number of hydrogen-bond donors (Lipinski definition) is 0. The molecule has 0 aliphatic rings. The summed E-state index contributed by atoms with van der Waals surface area (Å²) in [5, 5.41) is 14.6. The second-order valence-electron chi connectivity index (χ2n) is 3.04. The Kier molecular flexibility index (Phi) is 2.17. The Morgan fingerprint density at radius 3 is 2.93 bits per heavy atom. The monoisotopic (exact) mass is 204 g/mol. The van der Waals surface area contributed by atoms with Crippen molar-refractivity contribution in [2.75, 3.05) is 0 Å². The third-order valence-corrected chi connectivity index (χ3v) is 2.00. The normalized spacial score (nSPS) is 10.2. The topological polar surface area (TPSA) is 73.8 Å². The first-order valence-corrected chi connectivity index (χ1v) is 4.29. The molecule has 0 unspecified atom stereocenters. The molecule has 2 aromatic rings. The van der Waals surface area contributed by atoms with Crippen molar-refractivity contribution in [3.8, 4) is 5.82 Å². The minimum absolute atomic E-state index is 0.0514. The highest BCUT2D eigenvalue weighted by Gasteiger charge is 2.12. The molecule has 0 saturated heterocycles. The lowest BCUT2D eigenvalue weighted by molar-refractivity contribution is -0.385. The Bertz CT molecular complexity index is 493. The first kappa shape index (κ1) is 9.32. The predicted molar refractivity (Wildman–Crippen MR) is 52.8 cm³/mol. The van der Waals surface area contributed by atoms with Gasteiger partial charge in [-0.1, -0.05) is 0 Å². The molecule has 76 valence electrons. The highest BCUT2D eigenvalue weighted by molar-refractivity contribution is 5.43. The highest BCUT2D eigenvalue weighted by atomic mass is 16.6. The third-order valence-electron chi connectivity index (χ3n) is 2.00. The summed E-state index contributed by atoms with van der Waals surface area (Å²) in [6.45, 7) is 1.65. The Balaban J connectivity index is 2.52. The van der Waals surface area contributed by atoms with E-state index in [1.807, 2.05) is 0 Å². The molecule has 0 radical (unpaired) electrons. The largest absolute Gasteiger partial charge is 0.277 e. The van der Waals surface area contributed by atoms with E-state index in [0.717, 1.165) is 0 Å². The van der Waals surface area contributed by atoms with Gasteiger partial charge in [-0.05, 0) is 13.0 Å². The van der Waals surface area contributed by atoms with Crippen molar-refractivity contribution in [1.82, 2.24) is 14.8 Å². The van der Waals surface area contributed by atoms with E-state index in [-0.39, 0.29) is 5.69 Å². The average molecular weight is 204 g/mol. The Morgan fingerprint density at radius 2 is 2.33 bits per heavy atom. The van der Waals surface area contributed by atoms with Crippen LogP contribution >= 0.6 is 0 Å². The molecule has 15 heavy (non-hydrogen) atoms. The molecule has 2 rings (SSSR count). The first-order chi connectivity index (χ1) is 7.18. The van der Waals surface area contributed by atoms with Gasteiger partial charge in [-0.25, -0.2) is 9.67 Å². The summed E-state index contributed by atoms with van der Waals surface area (Å²) in [5.41, 5.74) is 0.589. The maximum absolute atomic E-state index is 10.7. The van der Waals surface area contributed by atoms with E-state index in [9.17, 15) is 10.1 Å². The van der Waals surface area contributed by atoms with Crippen LogP contribution in [-0.2, 0) is 0 Å². The van der Waals surface area contributed by atoms with Gasteiger partial charge in [-0.3, -0.25) is 10.1 Å². The van der Waals surface area contributed by atoms with Crippen LogP contribution in [0.5, 0.6) is 0 Å². The summed E-state index contributed by atoms with van der Waals surface area (Å²) in [6, 6.07) is 3.13. The lowest BCUT2D eigenvalue weighted by atomic mass is 10.2. The SMILES string of the molecule is Cc1cnc(-n2cccn2)cc1[N+](=O)[O-]. The lowest BCUT2D eigenvalue weighted by Gasteiger charge is -2.01. The molecule has 0 aliphatic carbocycles. The fraction of sp³-hybridized carbons (Fsp3) is 0.111. The van der Waals surface area contributed by atoms with Gasteiger partial charge in [0, 0.05) is 24.2 Å². The van der Waals surface area contributed by atoms with E-state index in [4.69, 9.17) is 0 Å². The quantitative estimate of drug-likeness (QED) is 0.548. The Labute approximate surface area is 85.3 Å². The van der Waals surface area contributed by atoms with Crippen molar-refractivity contribution < 1.29 is 4.92 Å². The van der Waals surface area contributed by atoms with Crippen LogP contribution in [0.25, 0.3) is 5.82 Å². The van der Waals surface area contributed by atoms with Crippen LogP contribution in [0.15, 0.2) is 30.7 Å². The summed E-state index contributed by atoms with van der Waals surface area (Å²) in [4.78, 5) is 14.3. The minimum Gasteiger partial charge on any atom is -0.258 e. The zero-order valence-corrected chi connectivity index (χ0v) is 7.99. The maximum Gasteiger partial charge on any atom is 0.277 e. The van der Waals surface area contributed by atoms with Crippen LogP contribution in [-0.4, -0.2) is 19.7 Å². The van der Waals surface area contributed by atoms with Crippen molar-refractivity contribution in [2.24, 2.45) is 0 Å². The highest BCUT2D eigenvalue weighted by Crippen LogP contribution is 2.18. The van der Waals surface area contributed by atoms with Crippen LogP contribution in [0.3, 0.4) is 0 Å². The van der Waals surface area contributed by atoms with Gasteiger partial charge in [-0.15, -0.1) is 0 Å². The van der Waals surface area contributed by atoms with Crippen LogP contribution in [0, 0.1) is 17.0 Å². The fourth-order valence-electron chi connectivity index (χ4n) is 1.23. The standard InChI is InChI=1S/C9H8N4O2/c1-7-6-10-9(5-8(7)13(14)15)12-4-2-3-11-12/h2-6H,1H3. The van der Waals surface area contributed by atoms with E-state index in [1.54, 1.807) is 25.4 Å². The van der Waals surface area contributed by atoms with Gasteiger partial charge < -0.3 is 0 Å². The molecular weight excluding hydrogens is 196 g/mol. The van der Waals surface area contributed by atoms with Gasteiger partial charge in [0.15, 0.2) is 5.82 Å². The summed E-state index contributed by atoms with van der Waals surface area (Å²) < 4.78 is 1.48. The van der Waals surface area contributed by atoms with Gasteiger partial charge in [0.1, 0.15) is 0 Å². The Morgan fingerprint density at radius 1 is 1.53 bits per heavy atom. The molecule has 0 aromatic carbocycles. The maximum atomic E-state index is 10.7. The van der Waals surface area contributed by atoms with E-state index in [0.29, 0.717) is 11.4 Å². The molecule has 2 aromatic heterocycles. The molecule has 6 nitrogen and oxygen atoms in total. The van der Waals surface area contributed by atoms with Crippen LogP contribution in [0.4, 0.5) is 5.69 Å². The molecule has 6 heteroatoms. The molecule has 2 heterocycles. The lowest BCUT2D eigenvalue weighted by Crippen LogP contribution is -2.00. The van der Waals surface area contributed by atoms with Gasteiger partial charge in [0.25, 0.3) is 5.69 Å². The molecule has 0 bridgehead atoms. The van der Waals surface area contributed by atoms with Gasteiger partial charge in [-0.2, -0.15) is 5.10 Å². The molecule has 0 saturated carbocycles. The minimum atomic E-state index is -0.427. The average Bonchev–Trinajstić information content (AvgIpc) is 2.71. The molecule has 0 amide bonds. The second-order valence-corrected chi connectivity index (χ2v) is 3.04. The molecule has 0 aliphatic heterocycles. The number of aromatic nitrogens is 3. The number of nitrogens with zero attached hydrogens (tertiary/aromatic N) is 4. The molecule has 0 N–H and O–H groups in total. The van der Waals surface area contributed by atoms with E-state index in [2.05, 4.69) is 10.1 Å². The van der Waals surface area contributed by atoms with Gasteiger partial charge in [0.2, 0.25) is 0 Å². The smallest absolute Gasteiger partial charge is 0.258 e. The second kappa shape index (κ2) is 3.49. The van der Waals surface area contributed by atoms with Gasteiger partial charge in [0.05, 0.1) is 11.0 Å². The summed E-state index contributed by atoms with van der Waals surface area (Å²) in [6.07, 6.45) is 4.74. The molecular formula is C9H8N4O2. The van der Waals surface area contributed by atoms with Crippen molar-refractivity contribution >= 4 is 5.69 Å². The number of hydrogen-bond acceptors (Lipinski definition) is 4. The van der Waals surface area contributed by atoms with Crippen LogP contribution in [0.2, 0.25) is 0 Å². The van der Waals surface area contributed by atoms with E-state index >= 15 is 0 Å². The predicted octanol–water partition coefficient (Wildman–Crippen LogP) is 1.48. The summed E-state index contributed by atoms with van der Waals surface area (Å²) >= 11 is 0. The number of pyridine rings is 1. The summed E-state index contributed by atoms with van der Waals surface area (Å²) in [7, 11) is 0. The zero-order valence-electron chi connectivity index (χ0n) is 7.99. The number of rotatable bonds is 2. The number of aryl methyl sites for hydroxylation is 1. The molecule has 0 spiro atoms. The van der Waals surface area contributed by atoms with E-state index < -0.39 is 4.92 Å². The van der Waals surface area contributed by atoms with Crippen molar-refractivity contribution in [3.05, 3.63) is 46.4 Å².